The van der Waals surface area contributed by atoms with E-state index in [1.165, 1.54) is 25.7 Å². The van der Waals surface area contributed by atoms with Gasteiger partial charge in [-0.2, -0.15) is 0 Å². The predicted molar refractivity (Wildman–Crippen MR) is 73.3 cm³/mol. The first-order chi connectivity index (χ1) is 7.48. The Bertz CT molecular complexity index is 157. The molecule has 0 saturated heterocycles. The molecule has 0 saturated carbocycles. The summed E-state index contributed by atoms with van der Waals surface area (Å²) in [5, 5.41) is 0. The number of rotatable bonds is 9. The molecule has 0 bridgehead atoms. The van der Waals surface area contributed by atoms with Gasteiger partial charge >= 0.3 is 0 Å². The van der Waals surface area contributed by atoms with Crippen LogP contribution < -0.4 is 0 Å². The third kappa shape index (κ3) is 10.0. The van der Waals surface area contributed by atoms with Gasteiger partial charge in [-0.15, -0.1) is 0 Å². The Labute approximate surface area is 115 Å². The van der Waals surface area contributed by atoms with Crippen molar-refractivity contribution in [1.29, 1.82) is 0 Å². The quantitative estimate of drug-likeness (QED) is 0.419. The molecule has 0 amide bonds. The number of halogens is 3. The lowest BCUT2D eigenvalue weighted by atomic mass is 10.1. The van der Waals surface area contributed by atoms with E-state index in [0.29, 0.717) is 6.61 Å². The second kappa shape index (κ2) is 9.82. The minimum atomic E-state index is -1.21. The highest BCUT2D eigenvalue weighted by atomic mass is 35.6. The van der Waals surface area contributed by atoms with Crippen molar-refractivity contribution in [2.75, 3.05) is 13.2 Å². The Hall–Kier alpha value is 0.830. The summed E-state index contributed by atoms with van der Waals surface area (Å²) in [6.07, 6.45) is 7.10. The minimum Gasteiger partial charge on any atom is -0.381 e. The van der Waals surface area contributed by atoms with E-state index >= 15 is 0 Å². The molecule has 0 aliphatic rings. The van der Waals surface area contributed by atoms with E-state index in [1.807, 2.05) is 6.92 Å². The minimum absolute atomic E-state index is 0.0661. The second-order valence-electron chi connectivity index (χ2n) is 4.14. The van der Waals surface area contributed by atoms with Gasteiger partial charge in [-0.1, -0.05) is 80.8 Å². The Morgan fingerprint density at radius 3 is 2.19 bits per heavy atom. The van der Waals surface area contributed by atoms with Crippen LogP contribution in [0.4, 0.5) is 0 Å². The van der Waals surface area contributed by atoms with E-state index in [0.717, 1.165) is 19.4 Å². The van der Waals surface area contributed by atoms with Gasteiger partial charge in [0.15, 0.2) is 3.79 Å². The zero-order valence-electron chi connectivity index (χ0n) is 9.98. The molecule has 0 aliphatic heterocycles. The van der Waals surface area contributed by atoms with E-state index in [2.05, 4.69) is 6.92 Å². The van der Waals surface area contributed by atoms with Gasteiger partial charge in [0, 0.05) is 12.5 Å². The van der Waals surface area contributed by atoms with E-state index in [4.69, 9.17) is 39.5 Å². The van der Waals surface area contributed by atoms with E-state index in [-0.39, 0.29) is 5.92 Å². The fourth-order valence-corrected chi connectivity index (χ4v) is 1.45. The van der Waals surface area contributed by atoms with Gasteiger partial charge in [0.2, 0.25) is 0 Å². The van der Waals surface area contributed by atoms with Crippen molar-refractivity contribution >= 4 is 34.8 Å². The zero-order chi connectivity index (χ0) is 12.4. The molecule has 1 unspecified atom stereocenters. The predicted octanol–water partition coefficient (Wildman–Crippen LogP) is 5.18. The lowest BCUT2D eigenvalue weighted by Crippen LogP contribution is -2.21. The van der Waals surface area contributed by atoms with Crippen LogP contribution in [0.1, 0.15) is 45.4 Å². The lowest BCUT2D eigenvalue weighted by Gasteiger charge is -2.19. The van der Waals surface area contributed by atoms with Gasteiger partial charge in [0.25, 0.3) is 0 Å². The standard InChI is InChI=1S/C12H22Cl3O/c1-3-4-5-6-7-8-9-16-10-11(2)12(13,14)15/h11H,1,3-10H2,2H3. The highest BCUT2D eigenvalue weighted by molar-refractivity contribution is 6.67. The molecule has 0 heterocycles. The van der Waals surface area contributed by atoms with Crippen LogP contribution in [-0.2, 0) is 4.74 Å². The Morgan fingerprint density at radius 1 is 1.06 bits per heavy atom. The summed E-state index contributed by atoms with van der Waals surface area (Å²) in [6.45, 7) is 6.96. The highest BCUT2D eigenvalue weighted by Gasteiger charge is 2.28. The maximum atomic E-state index is 5.73. The molecule has 0 aromatic carbocycles. The number of alkyl halides is 3. The Morgan fingerprint density at radius 2 is 1.62 bits per heavy atom. The SMILES string of the molecule is [CH2]CCCCCCCOCC(C)C(Cl)(Cl)Cl. The van der Waals surface area contributed by atoms with Crippen molar-refractivity contribution in [3.63, 3.8) is 0 Å². The monoisotopic (exact) mass is 287 g/mol. The third-order valence-corrected chi connectivity index (χ3v) is 3.58. The molecule has 1 nitrogen and oxygen atoms in total. The Kier molecular flexibility index (Phi) is 10.3. The summed E-state index contributed by atoms with van der Waals surface area (Å²) >= 11 is 17.2. The summed E-state index contributed by atoms with van der Waals surface area (Å²) in [4.78, 5) is 0. The van der Waals surface area contributed by atoms with E-state index in [1.54, 1.807) is 0 Å². The fourth-order valence-electron chi connectivity index (χ4n) is 1.27. The third-order valence-electron chi connectivity index (χ3n) is 2.47. The number of ether oxygens (including phenoxy) is 1. The summed E-state index contributed by atoms with van der Waals surface area (Å²) in [6, 6.07) is 0. The first-order valence-electron chi connectivity index (χ1n) is 5.92. The van der Waals surface area contributed by atoms with Crippen LogP contribution in [0, 0.1) is 12.8 Å². The van der Waals surface area contributed by atoms with Crippen LogP contribution in [0.15, 0.2) is 0 Å². The van der Waals surface area contributed by atoms with Crippen LogP contribution >= 0.6 is 34.8 Å². The van der Waals surface area contributed by atoms with Crippen LogP contribution in [0.25, 0.3) is 0 Å². The van der Waals surface area contributed by atoms with Crippen molar-refractivity contribution in [2.24, 2.45) is 5.92 Å². The van der Waals surface area contributed by atoms with Crippen LogP contribution in [0.2, 0.25) is 0 Å². The number of hydrogen-bond acceptors (Lipinski definition) is 1. The lowest BCUT2D eigenvalue weighted by molar-refractivity contribution is 0.102. The first-order valence-corrected chi connectivity index (χ1v) is 7.05. The van der Waals surface area contributed by atoms with Gasteiger partial charge in [-0.25, -0.2) is 0 Å². The largest absolute Gasteiger partial charge is 0.381 e. The van der Waals surface area contributed by atoms with Gasteiger partial charge in [0.05, 0.1) is 6.61 Å². The molecule has 97 valence electrons. The molecule has 4 heteroatoms. The molecule has 0 fully saturated rings. The molecule has 0 N–H and O–H groups in total. The number of unbranched alkanes of at least 4 members (excludes halogenated alkanes) is 5. The van der Waals surface area contributed by atoms with Gasteiger partial charge < -0.3 is 4.74 Å². The van der Waals surface area contributed by atoms with Crippen LogP contribution in [-0.4, -0.2) is 17.0 Å². The van der Waals surface area contributed by atoms with Gasteiger partial charge in [0.1, 0.15) is 0 Å². The first kappa shape index (κ1) is 16.8. The van der Waals surface area contributed by atoms with Gasteiger partial charge in [-0.05, 0) is 6.42 Å². The average Bonchev–Trinajstić information content (AvgIpc) is 2.20. The maximum absolute atomic E-state index is 5.73. The highest BCUT2D eigenvalue weighted by Crippen LogP contribution is 2.34. The average molecular weight is 289 g/mol. The smallest absolute Gasteiger partial charge is 0.195 e. The summed E-state index contributed by atoms with van der Waals surface area (Å²) in [5.41, 5.74) is 0. The van der Waals surface area contributed by atoms with Crippen molar-refractivity contribution in [3.05, 3.63) is 6.92 Å². The molecule has 1 radical (unpaired) electrons. The normalized spacial score (nSPS) is 14.1. The molecular weight excluding hydrogens is 266 g/mol. The molecule has 1 atom stereocenters. The van der Waals surface area contributed by atoms with E-state index < -0.39 is 3.79 Å². The Balaban J connectivity index is 3.21. The molecule has 0 aromatic rings. The summed E-state index contributed by atoms with van der Waals surface area (Å²) in [7, 11) is 0. The molecule has 0 spiro atoms. The van der Waals surface area contributed by atoms with Crippen molar-refractivity contribution in [2.45, 2.75) is 49.2 Å². The van der Waals surface area contributed by atoms with Crippen LogP contribution in [0.3, 0.4) is 0 Å². The van der Waals surface area contributed by atoms with Crippen molar-refractivity contribution in [3.8, 4) is 0 Å². The van der Waals surface area contributed by atoms with Crippen molar-refractivity contribution < 1.29 is 4.74 Å². The summed E-state index contributed by atoms with van der Waals surface area (Å²) < 4.78 is 4.25. The summed E-state index contributed by atoms with van der Waals surface area (Å²) in [5.74, 6) is -0.0661. The second-order valence-corrected chi connectivity index (χ2v) is 6.51. The number of hydrogen-bond donors (Lipinski definition) is 0. The molecule has 0 aliphatic carbocycles. The molecule has 0 rings (SSSR count). The molecule has 0 aromatic heterocycles. The topological polar surface area (TPSA) is 9.23 Å². The van der Waals surface area contributed by atoms with Gasteiger partial charge in [-0.3, -0.25) is 0 Å². The fraction of sp³-hybridized carbons (Fsp3) is 0.917. The molecule has 16 heavy (non-hydrogen) atoms. The van der Waals surface area contributed by atoms with Crippen molar-refractivity contribution in [1.82, 2.24) is 0 Å². The van der Waals surface area contributed by atoms with E-state index in [9.17, 15) is 0 Å². The zero-order valence-corrected chi connectivity index (χ0v) is 12.3. The maximum Gasteiger partial charge on any atom is 0.195 e. The van der Waals surface area contributed by atoms with Crippen LogP contribution in [0.5, 0.6) is 0 Å². The molecular formula is C12H22Cl3O.